The first-order valence-electron chi connectivity index (χ1n) is 4.34. The fraction of sp³-hybridized carbons (Fsp3) is 1.00. The molecule has 0 aromatic heterocycles. The van der Waals surface area contributed by atoms with Crippen molar-refractivity contribution >= 4 is 0 Å². The zero-order chi connectivity index (χ0) is 8.70. The summed E-state index contributed by atoms with van der Waals surface area (Å²) in [7, 11) is 0. The van der Waals surface area contributed by atoms with Gasteiger partial charge >= 0.3 is 0 Å². The zero-order valence-corrected chi connectivity index (χ0v) is 7.72. The molecule has 0 radical (unpaired) electrons. The van der Waals surface area contributed by atoms with Gasteiger partial charge in [-0.2, -0.15) is 0 Å². The highest BCUT2D eigenvalue weighted by atomic mass is 16.3. The summed E-state index contributed by atoms with van der Waals surface area (Å²) < 4.78 is 0. The van der Waals surface area contributed by atoms with E-state index >= 15 is 0 Å². The molecule has 66 valence electrons. The van der Waals surface area contributed by atoms with E-state index in [4.69, 9.17) is 5.73 Å². The molecule has 0 saturated heterocycles. The number of hydrogen-bond donors (Lipinski definition) is 2. The largest absolute Gasteiger partial charge is 0.389 e. The summed E-state index contributed by atoms with van der Waals surface area (Å²) in [5.41, 5.74) is 4.99. The standard InChI is InChI=1S/C9H19NO/c1-7-4-9(11,5-7)8(2,3)6-10/h7,11H,4-6,10H2,1-3H3. The molecule has 1 aliphatic rings. The molecule has 1 fully saturated rings. The van der Waals surface area contributed by atoms with Crippen LogP contribution >= 0.6 is 0 Å². The minimum absolute atomic E-state index is 0.112. The van der Waals surface area contributed by atoms with Crippen LogP contribution in [-0.4, -0.2) is 17.3 Å². The van der Waals surface area contributed by atoms with E-state index < -0.39 is 5.60 Å². The molecule has 1 saturated carbocycles. The van der Waals surface area contributed by atoms with Crippen molar-refractivity contribution < 1.29 is 5.11 Å². The second-order valence-electron chi connectivity index (χ2n) is 4.63. The maximum absolute atomic E-state index is 10.0. The summed E-state index contributed by atoms with van der Waals surface area (Å²) in [5.74, 6) is 0.672. The van der Waals surface area contributed by atoms with Gasteiger partial charge < -0.3 is 10.8 Å². The van der Waals surface area contributed by atoms with Crippen LogP contribution in [0.4, 0.5) is 0 Å². The van der Waals surface area contributed by atoms with Gasteiger partial charge in [0.2, 0.25) is 0 Å². The topological polar surface area (TPSA) is 46.2 Å². The number of rotatable bonds is 2. The van der Waals surface area contributed by atoms with Gasteiger partial charge in [0.05, 0.1) is 5.60 Å². The lowest BCUT2D eigenvalue weighted by atomic mass is 9.59. The summed E-state index contributed by atoms with van der Waals surface area (Å²) in [6.07, 6.45) is 1.83. The van der Waals surface area contributed by atoms with Gasteiger partial charge in [-0.1, -0.05) is 20.8 Å². The molecule has 1 rings (SSSR count). The molecule has 0 amide bonds. The molecule has 0 aromatic carbocycles. The fourth-order valence-electron chi connectivity index (χ4n) is 1.84. The van der Waals surface area contributed by atoms with Crippen LogP contribution in [0.15, 0.2) is 0 Å². The molecule has 1 aliphatic carbocycles. The quantitative estimate of drug-likeness (QED) is 0.631. The highest BCUT2D eigenvalue weighted by Crippen LogP contribution is 2.48. The molecule has 3 N–H and O–H groups in total. The van der Waals surface area contributed by atoms with Crippen LogP contribution in [0.2, 0.25) is 0 Å². The number of hydrogen-bond acceptors (Lipinski definition) is 2. The minimum atomic E-state index is -0.485. The van der Waals surface area contributed by atoms with E-state index in [-0.39, 0.29) is 5.41 Å². The monoisotopic (exact) mass is 157 g/mol. The van der Waals surface area contributed by atoms with E-state index in [1.54, 1.807) is 0 Å². The Morgan fingerprint density at radius 3 is 2.27 bits per heavy atom. The van der Waals surface area contributed by atoms with Crippen LogP contribution in [-0.2, 0) is 0 Å². The van der Waals surface area contributed by atoms with Gasteiger partial charge in [-0.15, -0.1) is 0 Å². The van der Waals surface area contributed by atoms with Gasteiger partial charge in [0.25, 0.3) is 0 Å². The van der Waals surface area contributed by atoms with Crippen LogP contribution in [0, 0.1) is 11.3 Å². The van der Waals surface area contributed by atoms with Gasteiger partial charge in [0, 0.05) is 12.0 Å². The number of nitrogens with two attached hydrogens (primary N) is 1. The van der Waals surface area contributed by atoms with Crippen LogP contribution in [0.5, 0.6) is 0 Å². The Kier molecular flexibility index (Phi) is 2.01. The maximum atomic E-state index is 10.0. The van der Waals surface area contributed by atoms with Crippen molar-refractivity contribution in [1.29, 1.82) is 0 Å². The normalized spacial score (nSPS) is 38.5. The summed E-state index contributed by atoms with van der Waals surface area (Å²) in [5, 5.41) is 10.0. The third-order valence-electron chi connectivity index (χ3n) is 3.14. The van der Waals surface area contributed by atoms with E-state index in [0.717, 1.165) is 12.8 Å². The highest BCUT2D eigenvalue weighted by molar-refractivity contribution is 5.02. The maximum Gasteiger partial charge on any atom is 0.0715 e. The number of aliphatic hydroxyl groups is 1. The Morgan fingerprint density at radius 2 is 2.00 bits per heavy atom. The van der Waals surface area contributed by atoms with Gasteiger partial charge in [-0.3, -0.25) is 0 Å². The van der Waals surface area contributed by atoms with Crippen LogP contribution in [0.25, 0.3) is 0 Å². The molecule has 0 aliphatic heterocycles. The third-order valence-corrected chi connectivity index (χ3v) is 3.14. The first-order valence-corrected chi connectivity index (χ1v) is 4.34. The summed E-state index contributed by atoms with van der Waals surface area (Å²) in [6, 6.07) is 0. The van der Waals surface area contributed by atoms with Crippen molar-refractivity contribution in [3.05, 3.63) is 0 Å². The zero-order valence-electron chi connectivity index (χ0n) is 7.72. The van der Waals surface area contributed by atoms with E-state index in [1.807, 2.05) is 13.8 Å². The predicted octanol–water partition coefficient (Wildman–Crippen LogP) is 1.13. The van der Waals surface area contributed by atoms with Crippen LogP contribution in [0.1, 0.15) is 33.6 Å². The lowest BCUT2D eigenvalue weighted by molar-refractivity contribution is -0.146. The Labute approximate surface area is 68.8 Å². The molecule has 0 unspecified atom stereocenters. The average molecular weight is 157 g/mol. The van der Waals surface area contributed by atoms with Crippen molar-refractivity contribution in [2.45, 2.75) is 39.2 Å². The van der Waals surface area contributed by atoms with Crippen molar-refractivity contribution in [2.24, 2.45) is 17.1 Å². The smallest absolute Gasteiger partial charge is 0.0715 e. The van der Waals surface area contributed by atoms with Gasteiger partial charge in [0.1, 0.15) is 0 Å². The van der Waals surface area contributed by atoms with Crippen LogP contribution < -0.4 is 5.73 Å². The summed E-state index contributed by atoms with van der Waals surface area (Å²) in [4.78, 5) is 0. The molecular weight excluding hydrogens is 138 g/mol. The lowest BCUT2D eigenvalue weighted by Gasteiger charge is -2.52. The second-order valence-corrected chi connectivity index (χ2v) is 4.63. The van der Waals surface area contributed by atoms with E-state index in [0.29, 0.717) is 12.5 Å². The Morgan fingerprint density at radius 1 is 1.55 bits per heavy atom. The van der Waals surface area contributed by atoms with Crippen molar-refractivity contribution in [2.75, 3.05) is 6.54 Å². The molecule has 0 heterocycles. The molecule has 0 aromatic rings. The van der Waals surface area contributed by atoms with Crippen LogP contribution in [0.3, 0.4) is 0 Å². The second kappa shape index (κ2) is 2.46. The average Bonchev–Trinajstić information content (AvgIpc) is 1.85. The van der Waals surface area contributed by atoms with Gasteiger partial charge in [-0.05, 0) is 18.8 Å². The van der Waals surface area contributed by atoms with Gasteiger partial charge in [0.15, 0.2) is 0 Å². The van der Waals surface area contributed by atoms with E-state index in [9.17, 15) is 5.11 Å². The Bertz CT molecular complexity index is 148. The summed E-state index contributed by atoms with van der Waals surface area (Å²) >= 11 is 0. The molecule has 0 atom stereocenters. The fourth-order valence-corrected chi connectivity index (χ4v) is 1.84. The molecule has 11 heavy (non-hydrogen) atoms. The summed E-state index contributed by atoms with van der Waals surface area (Å²) in [6.45, 7) is 6.81. The molecule has 0 bridgehead atoms. The molecular formula is C9H19NO. The SMILES string of the molecule is CC1CC(O)(C(C)(C)CN)C1. The molecule has 2 nitrogen and oxygen atoms in total. The van der Waals surface area contributed by atoms with Crippen molar-refractivity contribution in [1.82, 2.24) is 0 Å². The first kappa shape index (κ1) is 9.01. The van der Waals surface area contributed by atoms with E-state index in [2.05, 4.69) is 6.92 Å². The lowest BCUT2D eigenvalue weighted by Crippen LogP contribution is -2.56. The third kappa shape index (κ3) is 1.30. The van der Waals surface area contributed by atoms with E-state index in [1.165, 1.54) is 0 Å². The van der Waals surface area contributed by atoms with Crippen molar-refractivity contribution in [3.8, 4) is 0 Å². The highest BCUT2D eigenvalue weighted by Gasteiger charge is 2.50. The van der Waals surface area contributed by atoms with Crippen molar-refractivity contribution in [3.63, 3.8) is 0 Å². The predicted molar refractivity (Wildman–Crippen MR) is 46.2 cm³/mol. The molecule has 2 heteroatoms. The Balaban J connectivity index is 2.60. The molecule has 0 spiro atoms. The Hall–Kier alpha value is -0.0800. The van der Waals surface area contributed by atoms with Gasteiger partial charge in [-0.25, -0.2) is 0 Å². The first-order chi connectivity index (χ1) is 4.91. The minimum Gasteiger partial charge on any atom is -0.389 e.